The van der Waals surface area contributed by atoms with E-state index >= 15 is 0 Å². The highest BCUT2D eigenvalue weighted by atomic mass is 14.2. The molecule has 3 rings (SSSR count). The van der Waals surface area contributed by atoms with Crippen LogP contribution in [0.1, 0.15) is 12.0 Å². The Balaban J connectivity index is 1.90. The molecule has 1 unspecified atom stereocenters. The lowest BCUT2D eigenvalue weighted by atomic mass is 9.91. The molecule has 0 heteroatoms. The maximum Gasteiger partial charge on any atom is 0.00616 e. The van der Waals surface area contributed by atoms with Gasteiger partial charge in [0.1, 0.15) is 0 Å². The molecule has 0 aromatic heterocycles. The van der Waals surface area contributed by atoms with Gasteiger partial charge in [0.25, 0.3) is 0 Å². The lowest BCUT2D eigenvalue weighted by molar-refractivity contribution is 0.865. The molecule has 2 aromatic rings. The predicted molar refractivity (Wildman–Crippen MR) is 88.5 cm³/mol. The van der Waals surface area contributed by atoms with E-state index in [0.717, 1.165) is 6.42 Å². The molecular formula is C20H18. The van der Waals surface area contributed by atoms with Crippen LogP contribution in [0.2, 0.25) is 0 Å². The van der Waals surface area contributed by atoms with Crippen LogP contribution < -0.4 is 0 Å². The fourth-order valence-electron chi connectivity index (χ4n) is 2.73. The van der Waals surface area contributed by atoms with E-state index in [9.17, 15) is 0 Å². The Labute approximate surface area is 120 Å². The first kappa shape index (κ1) is 12.7. The molecule has 0 amide bonds. The summed E-state index contributed by atoms with van der Waals surface area (Å²) in [5.74, 6) is 0.479. The Hall–Kier alpha value is -2.34. The molecule has 1 atom stereocenters. The number of hydrogen-bond acceptors (Lipinski definition) is 0. The van der Waals surface area contributed by atoms with Crippen LogP contribution in [0.4, 0.5) is 0 Å². The van der Waals surface area contributed by atoms with Crippen molar-refractivity contribution < 1.29 is 0 Å². The summed E-state index contributed by atoms with van der Waals surface area (Å²) in [5, 5.41) is 2.60. The van der Waals surface area contributed by atoms with Crippen LogP contribution >= 0.6 is 0 Å². The molecule has 0 bridgehead atoms. The van der Waals surface area contributed by atoms with Crippen molar-refractivity contribution in [1.82, 2.24) is 0 Å². The van der Waals surface area contributed by atoms with E-state index in [0.29, 0.717) is 5.92 Å². The van der Waals surface area contributed by atoms with E-state index < -0.39 is 0 Å². The fourth-order valence-corrected chi connectivity index (χ4v) is 2.73. The van der Waals surface area contributed by atoms with Gasteiger partial charge >= 0.3 is 0 Å². The van der Waals surface area contributed by atoms with Gasteiger partial charge in [0.2, 0.25) is 0 Å². The molecule has 0 heterocycles. The smallest absolute Gasteiger partial charge is 0.00616 e. The first-order chi connectivity index (χ1) is 9.88. The second kappa shape index (κ2) is 5.75. The van der Waals surface area contributed by atoms with Gasteiger partial charge in [-0.1, -0.05) is 79.4 Å². The third-order valence-electron chi connectivity index (χ3n) is 3.76. The number of hydrogen-bond donors (Lipinski definition) is 0. The number of fused-ring (bicyclic) bond motifs is 1. The molecule has 1 aliphatic rings. The van der Waals surface area contributed by atoms with Gasteiger partial charge in [0, 0.05) is 5.92 Å². The molecule has 2 aromatic carbocycles. The summed E-state index contributed by atoms with van der Waals surface area (Å²) in [7, 11) is 0. The summed E-state index contributed by atoms with van der Waals surface area (Å²) < 4.78 is 0. The normalized spacial score (nSPS) is 17.8. The van der Waals surface area contributed by atoms with Crippen molar-refractivity contribution in [3.05, 3.63) is 91.1 Å². The molecule has 98 valence electrons. The molecule has 0 aliphatic heterocycles. The van der Waals surface area contributed by atoms with E-state index in [1.807, 2.05) is 12.2 Å². The topological polar surface area (TPSA) is 0 Å². The Morgan fingerprint density at radius 2 is 1.90 bits per heavy atom. The second-order valence-electron chi connectivity index (χ2n) is 5.07. The van der Waals surface area contributed by atoms with Crippen LogP contribution in [0.5, 0.6) is 0 Å². The summed E-state index contributed by atoms with van der Waals surface area (Å²) in [4.78, 5) is 0. The molecule has 0 spiro atoms. The SMILES string of the molecule is C=C/C=C\CC1C=CC=C1c1ccc2ccccc2c1. The van der Waals surface area contributed by atoms with Gasteiger partial charge < -0.3 is 0 Å². The van der Waals surface area contributed by atoms with Gasteiger partial charge in [0.05, 0.1) is 0 Å². The summed E-state index contributed by atoms with van der Waals surface area (Å²) in [6.07, 6.45) is 13.7. The first-order valence-corrected chi connectivity index (χ1v) is 7.03. The standard InChI is InChI=1S/C20H18/c1-2-3-4-9-17-11-7-12-20(17)19-14-13-16-8-5-6-10-18(16)15-19/h2-8,10-15,17H,1,9H2/b4-3-. The van der Waals surface area contributed by atoms with Crippen molar-refractivity contribution in [3.63, 3.8) is 0 Å². The van der Waals surface area contributed by atoms with Crippen LogP contribution in [0, 0.1) is 5.92 Å². The third-order valence-corrected chi connectivity index (χ3v) is 3.76. The summed E-state index contributed by atoms with van der Waals surface area (Å²) in [6.45, 7) is 3.72. The molecule has 0 fully saturated rings. The molecule has 0 N–H and O–H groups in total. The summed E-state index contributed by atoms with van der Waals surface area (Å²) in [6, 6.07) is 15.2. The molecule has 0 nitrogen and oxygen atoms in total. The highest BCUT2D eigenvalue weighted by Gasteiger charge is 2.15. The van der Waals surface area contributed by atoms with Gasteiger partial charge in [-0.15, -0.1) is 0 Å². The Morgan fingerprint density at radius 1 is 1.05 bits per heavy atom. The number of rotatable bonds is 4. The molecular weight excluding hydrogens is 240 g/mol. The summed E-state index contributed by atoms with van der Waals surface area (Å²) >= 11 is 0. The maximum atomic E-state index is 3.72. The fraction of sp³-hybridized carbons (Fsp3) is 0.100. The van der Waals surface area contributed by atoms with Gasteiger partial charge in [-0.25, -0.2) is 0 Å². The van der Waals surface area contributed by atoms with Gasteiger partial charge in [-0.3, -0.25) is 0 Å². The average Bonchev–Trinajstić information content (AvgIpc) is 2.95. The van der Waals surface area contributed by atoms with E-state index in [2.05, 4.69) is 73.3 Å². The Kier molecular flexibility index (Phi) is 3.64. The average molecular weight is 258 g/mol. The number of allylic oxidation sites excluding steroid dienone is 7. The van der Waals surface area contributed by atoms with E-state index in [1.54, 1.807) is 0 Å². The number of benzene rings is 2. The highest BCUT2D eigenvalue weighted by Crippen LogP contribution is 2.33. The van der Waals surface area contributed by atoms with Crippen LogP contribution in [-0.2, 0) is 0 Å². The predicted octanol–water partition coefficient (Wildman–Crippen LogP) is 5.54. The van der Waals surface area contributed by atoms with Crippen molar-refractivity contribution in [2.24, 2.45) is 5.92 Å². The van der Waals surface area contributed by atoms with Crippen LogP contribution in [0.3, 0.4) is 0 Å². The van der Waals surface area contributed by atoms with Gasteiger partial charge in [-0.2, -0.15) is 0 Å². The van der Waals surface area contributed by atoms with Crippen molar-refractivity contribution in [3.8, 4) is 0 Å². The zero-order valence-electron chi connectivity index (χ0n) is 11.5. The van der Waals surface area contributed by atoms with Gasteiger partial charge in [-0.05, 0) is 34.4 Å². The zero-order valence-corrected chi connectivity index (χ0v) is 11.5. The Morgan fingerprint density at radius 3 is 2.75 bits per heavy atom. The van der Waals surface area contributed by atoms with Crippen molar-refractivity contribution in [1.29, 1.82) is 0 Å². The second-order valence-corrected chi connectivity index (χ2v) is 5.07. The molecule has 0 saturated heterocycles. The molecule has 20 heavy (non-hydrogen) atoms. The van der Waals surface area contributed by atoms with Crippen molar-refractivity contribution >= 4 is 16.3 Å². The Bertz CT molecular complexity index is 714. The largest absolute Gasteiger partial charge is 0.0991 e. The van der Waals surface area contributed by atoms with Crippen LogP contribution in [0.15, 0.2) is 85.5 Å². The lowest BCUT2D eigenvalue weighted by Crippen LogP contribution is -1.96. The van der Waals surface area contributed by atoms with Crippen LogP contribution in [0.25, 0.3) is 16.3 Å². The quantitative estimate of drug-likeness (QED) is 0.631. The van der Waals surface area contributed by atoms with Crippen molar-refractivity contribution in [2.75, 3.05) is 0 Å². The minimum atomic E-state index is 0.479. The van der Waals surface area contributed by atoms with Gasteiger partial charge in [0.15, 0.2) is 0 Å². The van der Waals surface area contributed by atoms with Crippen LogP contribution in [-0.4, -0.2) is 0 Å². The monoisotopic (exact) mass is 258 g/mol. The van der Waals surface area contributed by atoms with E-state index in [4.69, 9.17) is 0 Å². The van der Waals surface area contributed by atoms with E-state index in [1.165, 1.54) is 21.9 Å². The minimum absolute atomic E-state index is 0.479. The maximum absolute atomic E-state index is 3.72. The molecule has 1 aliphatic carbocycles. The zero-order chi connectivity index (χ0) is 13.8. The first-order valence-electron chi connectivity index (χ1n) is 7.03. The molecule has 0 saturated carbocycles. The summed E-state index contributed by atoms with van der Waals surface area (Å²) in [5.41, 5.74) is 2.73. The molecule has 0 radical (unpaired) electrons. The third kappa shape index (κ3) is 2.50. The highest BCUT2D eigenvalue weighted by molar-refractivity contribution is 5.87. The van der Waals surface area contributed by atoms with E-state index in [-0.39, 0.29) is 0 Å². The van der Waals surface area contributed by atoms with Crippen molar-refractivity contribution in [2.45, 2.75) is 6.42 Å². The minimum Gasteiger partial charge on any atom is -0.0991 e. The lowest BCUT2D eigenvalue weighted by Gasteiger charge is -2.13.